The van der Waals surface area contributed by atoms with Gasteiger partial charge in [-0.3, -0.25) is 0 Å². The molecule has 0 spiro atoms. The molecule has 9 nitrogen and oxygen atoms in total. The Bertz CT molecular complexity index is 1180. The number of tetrazole rings is 1. The summed E-state index contributed by atoms with van der Waals surface area (Å²) in [6.07, 6.45) is 1.21. The highest BCUT2D eigenvalue weighted by Crippen LogP contribution is 2.40. The Balaban J connectivity index is 2.12. The zero-order valence-electron chi connectivity index (χ0n) is 12.5. The maximum Gasteiger partial charge on any atom is 0.238 e. The van der Waals surface area contributed by atoms with Crippen LogP contribution in [0, 0.1) is 0 Å². The lowest BCUT2D eigenvalue weighted by Gasteiger charge is -2.11. The minimum atomic E-state index is -4.04. The Hall–Kier alpha value is -3.24. The molecule has 10 heteroatoms. The van der Waals surface area contributed by atoms with Crippen molar-refractivity contribution in [1.82, 2.24) is 20.6 Å². The van der Waals surface area contributed by atoms with Crippen molar-refractivity contribution in [2.45, 2.75) is 4.90 Å². The molecule has 4 N–H and O–H groups in total. The molecule has 0 unspecified atom stereocenters. The van der Waals surface area contributed by atoms with Crippen LogP contribution in [0.15, 0.2) is 52.0 Å². The third-order valence-electron chi connectivity index (χ3n) is 3.77. The second-order valence-corrected chi connectivity index (χ2v) is 6.79. The molecule has 0 atom stereocenters. The number of nitrogens with one attached hydrogen (secondary N) is 1. The number of aromatic amines is 1. The number of nitrogens with two attached hydrogens (primary N) is 1. The molecule has 0 radical (unpaired) electrons. The molecule has 2 aromatic heterocycles. The summed E-state index contributed by atoms with van der Waals surface area (Å²) < 4.78 is 29.5. The summed E-state index contributed by atoms with van der Waals surface area (Å²) in [5, 5.41) is 29.3. The van der Waals surface area contributed by atoms with Gasteiger partial charge in [-0.25, -0.2) is 13.6 Å². The number of hydrogen-bond donors (Lipinski definition) is 3. The lowest BCUT2D eigenvalue weighted by molar-refractivity contribution is 0.464. The molecule has 4 aromatic rings. The van der Waals surface area contributed by atoms with Gasteiger partial charge in [0.2, 0.25) is 15.8 Å². The van der Waals surface area contributed by atoms with Crippen LogP contribution in [0.3, 0.4) is 0 Å². The number of furan rings is 1. The number of sulfonamides is 1. The van der Waals surface area contributed by atoms with Crippen LogP contribution in [-0.2, 0) is 10.0 Å². The molecule has 2 aromatic carbocycles. The molecule has 0 aliphatic carbocycles. The van der Waals surface area contributed by atoms with E-state index in [1.807, 2.05) is 0 Å². The fourth-order valence-corrected chi connectivity index (χ4v) is 3.50. The van der Waals surface area contributed by atoms with E-state index >= 15 is 0 Å². The number of hydrogen-bond acceptors (Lipinski definition) is 7. The number of para-hydroxylation sites is 1. The molecular weight excluding hydrogens is 346 g/mol. The molecule has 0 saturated carbocycles. The van der Waals surface area contributed by atoms with E-state index in [0.717, 1.165) is 0 Å². The molecule has 2 heterocycles. The largest absolute Gasteiger partial charge is 0.504 e. The molecule has 126 valence electrons. The average molecular weight is 357 g/mol. The standard InChI is InChI=1S/C15H11N5O4S/c16-25(22,23)12-6-2-3-8(13(12)15-17-19-20-18-15)9-4-1-5-10-11(21)7-24-14(9)10/h1-7,21H,(H2,16,22,23)(H,17,18,19,20). The Morgan fingerprint density at radius 3 is 2.60 bits per heavy atom. The van der Waals surface area contributed by atoms with Crippen molar-refractivity contribution in [3.05, 3.63) is 42.7 Å². The lowest BCUT2D eigenvalue weighted by Crippen LogP contribution is -2.14. The summed E-state index contributed by atoms with van der Waals surface area (Å²) in [6.45, 7) is 0. The van der Waals surface area contributed by atoms with Crippen LogP contribution in [0.4, 0.5) is 0 Å². The maximum absolute atomic E-state index is 12.0. The van der Waals surface area contributed by atoms with Crippen molar-refractivity contribution in [2.75, 3.05) is 0 Å². The molecule has 0 bridgehead atoms. The molecule has 0 aliphatic heterocycles. The highest BCUT2D eigenvalue weighted by atomic mass is 32.2. The smallest absolute Gasteiger partial charge is 0.238 e. The van der Waals surface area contributed by atoms with Gasteiger partial charge in [0.05, 0.1) is 15.8 Å². The van der Waals surface area contributed by atoms with Gasteiger partial charge in [0.1, 0.15) is 11.8 Å². The molecule has 0 aliphatic rings. The van der Waals surface area contributed by atoms with Crippen LogP contribution in [-0.4, -0.2) is 34.1 Å². The predicted octanol–water partition coefficient (Wildman–Crippen LogP) is 1.63. The van der Waals surface area contributed by atoms with E-state index in [-0.39, 0.29) is 22.0 Å². The van der Waals surface area contributed by atoms with E-state index in [0.29, 0.717) is 22.1 Å². The summed E-state index contributed by atoms with van der Waals surface area (Å²) in [4.78, 5) is -0.140. The lowest BCUT2D eigenvalue weighted by atomic mass is 9.97. The number of rotatable bonds is 3. The van der Waals surface area contributed by atoms with Crippen LogP contribution >= 0.6 is 0 Å². The van der Waals surface area contributed by atoms with Crippen molar-refractivity contribution in [3.63, 3.8) is 0 Å². The summed E-state index contributed by atoms with van der Waals surface area (Å²) in [5.41, 5.74) is 1.63. The van der Waals surface area contributed by atoms with Gasteiger partial charge in [0.15, 0.2) is 5.75 Å². The zero-order valence-corrected chi connectivity index (χ0v) is 13.4. The number of aromatic nitrogens is 4. The topological polar surface area (TPSA) is 148 Å². The number of nitrogens with zero attached hydrogens (tertiary/aromatic N) is 3. The first-order chi connectivity index (χ1) is 12.0. The van der Waals surface area contributed by atoms with E-state index in [9.17, 15) is 13.5 Å². The minimum Gasteiger partial charge on any atom is -0.504 e. The third kappa shape index (κ3) is 2.44. The quantitative estimate of drug-likeness (QED) is 0.504. The summed E-state index contributed by atoms with van der Waals surface area (Å²) in [5.74, 6) is 0.0629. The van der Waals surface area contributed by atoms with Crippen molar-refractivity contribution >= 4 is 21.0 Å². The van der Waals surface area contributed by atoms with Crippen molar-refractivity contribution in [3.8, 4) is 28.3 Å². The SMILES string of the molecule is NS(=O)(=O)c1cccc(-c2cccc3c(O)coc23)c1-c1nn[nH]n1. The fraction of sp³-hybridized carbons (Fsp3) is 0. The van der Waals surface area contributed by atoms with Crippen LogP contribution in [0.25, 0.3) is 33.5 Å². The number of fused-ring (bicyclic) bond motifs is 1. The zero-order chi connectivity index (χ0) is 17.6. The summed E-state index contributed by atoms with van der Waals surface area (Å²) in [6, 6.07) is 9.75. The number of H-pyrrole nitrogens is 1. The van der Waals surface area contributed by atoms with Gasteiger partial charge >= 0.3 is 0 Å². The first kappa shape index (κ1) is 15.3. The van der Waals surface area contributed by atoms with E-state index in [1.54, 1.807) is 30.3 Å². The van der Waals surface area contributed by atoms with Crippen LogP contribution in [0.5, 0.6) is 5.75 Å². The van der Waals surface area contributed by atoms with E-state index in [2.05, 4.69) is 20.6 Å². The Kier molecular flexibility index (Phi) is 3.30. The predicted molar refractivity (Wildman–Crippen MR) is 87.9 cm³/mol. The van der Waals surface area contributed by atoms with Gasteiger partial charge in [0, 0.05) is 5.56 Å². The summed E-state index contributed by atoms with van der Waals surface area (Å²) >= 11 is 0. The van der Waals surface area contributed by atoms with E-state index in [1.165, 1.54) is 12.3 Å². The van der Waals surface area contributed by atoms with E-state index < -0.39 is 10.0 Å². The molecule has 0 fully saturated rings. The fourth-order valence-electron chi connectivity index (χ4n) is 2.75. The van der Waals surface area contributed by atoms with Crippen LogP contribution in [0.2, 0.25) is 0 Å². The second kappa shape index (κ2) is 5.40. The number of aromatic hydroxyl groups is 1. The first-order valence-electron chi connectivity index (χ1n) is 7.06. The molecule has 0 saturated heterocycles. The normalized spacial score (nSPS) is 11.9. The molecule has 25 heavy (non-hydrogen) atoms. The van der Waals surface area contributed by atoms with Gasteiger partial charge in [-0.05, 0) is 22.9 Å². The van der Waals surface area contributed by atoms with Gasteiger partial charge < -0.3 is 9.52 Å². The van der Waals surface area contributed by atoms with E-state index in [4.69, 9.17) is 9.56 Å². The summed E-state index contributed by atoms with van der Waals surface area (Å²) in [7, 11) is -4.04. The Morgan fingerprint density at radius 2 is 1.88 bits per heavy atom. The maximum atomic E-state index is 12.0. The molecule has 0 amide bonds. The van der Waals surface area contributed by atoms with Crippen molar-refractivity contribution in [2.24, 2.45) is 5.14 Å². The second-order valence-electron chi connectivity index (χ2n) is 5.26. The van der Waals surface area contributed by atoms with Crippen molar-refractivity contribution < 1.29 is 17.9 Å². The third-order valence-corrected chi connectivity index (χ3v) is 4.72. The van der Waals surface area contributed by atoms with Gasteiger partial charge in [-0.15, -0.1) is 10.2 Å². The number of benzene rings is 2. The van der Waals surface area contributed by atoms with Crippen LogP contribution < -0.4 is 5.14 Å². The van der Waals surface area contributed by atoms with Crippen molar-refractivity contribution in [1.29, 1.82) is 0 Å². The highest BCUT2D eigenvalue weighted by Gasteiger charge is 2.24. The van der Waals surface area contributed by atoms with Crippen LogP contribution in [0.1, 0.15) is 0 Å². The monoisotopic (exact) mass is 357 g/mol. The first-order valence-corrected chi connectivity index (χ1v) is 8.60. The molecular formula is C15H11N5O4S. The van der Waals surface area contributed by atoms with Gasteiger partial charge in [-0.1, -0.05) is 24.3 Å². The number of primary sulfonamides is 1. The highest BCUT2D eigenvalue weighted by molar-refractivity contribution is 7.89. The molecule has 4 rings (SSSR count). The van der Waals surface area contributed by atoms with Gasteiger partial charge in [-0.2, -0.15) is 5.21 Å². The Labute approximate surface area is 141 Å². The minimum absolute atomic E-state index is 0.0134. The Morgan fingerprint density at radius 1 is 1.12 bits per heavy atom. The van der Waals surface area contributed by atoms with Gasteiger partial charge in [0.25, 0.3) is 0 Å². The average Bonchev–Trinajstić information content (AvgIpc) is 3.24.